The standard InChI is InChI=1S/C66H48N8/c1-35-36(2)48-32-54-52-28-40(50-30-42-12-6-24-70-62(42)64-46(50)16-10-26-72-64)18-20-56(52)74(44-14-8-22-68-34-44)66(54)58-38(4)37(3)57-59(60(48)58)47(35)31-53-51-27-39(17-19-55(51)73(65(53)57)43-13-7-21-67-33-43)49-29-41-11-5-23-69-61(41)63-45(49)15-9-25-71-63/h5-29,31-38,50H,30H2,1-4H3. The number of hydrogen-bond donors (Lipinski definition) is 0. The molecule has 0 fully saturated rings. The highest BCUT2D eigenvalue weighted by atomic mass is 15.0. The highest BCUT2D eigenvalue weighted by Gasteiger charge is 2.43. The second-order valence-corrected chi connectivity index (χ2v) is 21.2. The molecule has 0 amide bonds. The quantitative estimate of drug-likeness (QED) is 0.163. The first-order valence-corrected chi connectivity index (χ1v) is 26.0. The molecule has 8 aromatic heterocycles. The van der Waals surface area contributed by atoms with Crippen molar-refractivity contribution in [1.82, 2.24) is 39.0 Å². The summed E-state index contributed by atoms with van der Waals surface area (Å²) >= 11 is 0. The summed E-state index contributed by atoms with van der Waals surface area (Å²) in [6.07, 6.45) is 16.2. The molecule has 16 rings (SSSR count). The van der Waals surface area contributed by atoms with Gasteiger partial charge in [-0.3, -0.25) is 29.9 Å². The molecule has 0 bridgehead atoms. The van der Waals surface area contributed by atoms with Crippen molar-refractivity contribution in [2.24, 2.45) is 0 Å². The van der Waals surface area contributed by atoms with E-state index in [2.05, 4.69) is 152 Å². The minimum absolute atomic E-state index is 0.145. The number of rotatable bonds is 4. The molecule has 3 aliphatic rings. The molecule has 5 unspecified atom stereocenters. The van der Waals surface area contributed by atoms with Crippen molar-refractivity contribution in [2.75, 3.05) is 0 Å². The van der Waals surface area contributed by atoms with Crippen molar-refractivity contribution in [1.29, 1.82) is 0 Å². The van der Waals surface area contributed by atoms with Crippen LogP contribution >= 0.6 is 0 Å². The summed E-state index contributed by atoms with van der Waals surface area (Å²) in [4.78, 5) is 28.9. The lowest BCUT2D eigenvalue weighted by molar-refractivity contribution is 0.584. The summed E-state index contributed by atoms with van der Waals surface area (Å²) in [5, 5.41) is 7.28. The van der Waals surface area contributed by atoms with Gasteiger partial charge in [0, 0.05) is 75.4 Å². The van der Waals surface area contributed by atoms with Crippen LogP contribution in [0.3, 0.4) is 0 Å². The zero-order valence-electron chi connectivity index (χ0n) is 41.4. The highest BCUT2D eigenvalue weighted by molar-refractivity contribution is 6.18. The van der Waals surface area contributed by atoms with Gasteiger partial charge in [0.05, 0.1) is 68.3 Å². The van der Waals surface area contributed by atoms with Gasteiger partial charge in [-0.15, -0.1) is 0 Å². The summed E-state index contributed by atoms with van der Waals surface area (Å²) < 4.78 is 5.04. The molecule has 0 N–H and O–H groups in total. The molecule has 74 heavy (non-hydrogen) atoms. The number of pyridine rings is 6. The largest absolute Gasteiger partial charge is 0.307 e. The van der Waals surface area contributed by atoms with Crippen molar-refractivity contribution in [3.63, 3.8) is 0 Å². The van der Waals surface area contributed by atoms with Gasteiger partial charge in [0.25, 0.3) is 0 Å². The highest BCUT2D eigenvalue weighted by Crippen LogP contribution is 2.62. The number of aromatic nitrogens is 8. The summed E-state index contributed by atoms with van der Waals surface area (Å²) in [5.74, 6) is 0.999. The average molecular weight is 953 g/mol. The van der Waals surface area contributed by atoms with Crippen LogP contribution in [-0.2, 0) is 6.42 Å². The maximum Gasteiger partial charge on any atom is 0.0970 e. The molecular weight excluding hydrogens is 905 g/mol. The van der Waals surface area contributed by atoms with Crippen LogP contribution in [0.25, 0.3) is 110 Å². The number of benzene rings is 5. The van der Waals surface area contributed by atoms with Crippen molar-refractivity contribution in [2.45, 2.75) is 63.7 Å². The Morgan fingerprint density at radius 2 is 1.03 bits per heavy atom. The fourth-order valence-electron chi connectivity index (χ4n) is 13.9. The maximum atomic E-state index is 4.92. The van der Waals surface area contributed by atoms with Crippen molar-refractivity contribution < 1.29 is 0 Å². The maximum absolute atomic E-state index is 4.92. The molecule has 13 aromatic rings. The molecule has 5 atom stereocenters. The van der Waals surface area contributed by atoms with Crippen LogP contribution in [0.1, 0.15) is 96.2 Å². The monoisotopic (exact) mass is 952 g/mol. The Hall–Kier alpha value is -8.88. The van der Waals surface area contributed by atoms with Crippen molar-refractivity contribution >= 4 is 65.4 Å². The summed E-state index contributed by atoms with van der Waals surface area (Å²) in [5.41, 5.74) is 25.5. The number of nitrogens with zero attached hydrogens (tertiary/aromatic N) is 8. The first-order valence-electron chi connectivity index (χ1n) is 26.0. The van der Waals surface area contributed by atoms with E-state index in [0.717, 1.165) is 62.1 Å². The molecule has 0 aliphatic heterocycles. The fraction of sp³-hybridized carbons (Fsp3) is 0.152. The van der Waals surface area contributed by atoms with Gasteiger partial charge in [0.2, 0.25) is 0 Å². The predicted molar refractivity (Wildman–Crippen MR) is 299 cm³/mol. The Bertz CT molecular complexity index is 4550. The molecule has 0 radical (unpaired) electrons. The van der Waals surface area contributed by atoms with Gasteiger partial charge < -0.3 is 9.13 Å². The SMILES string of the molecule is CC1c2cc3c4cc(-c5cc6cccnc6c6ncccc56)ccc4n(-c4cccnc4)c3c3c2-c2c(cc4c5cc(C6Cc7cccnc7-c7ncccc76)ccc5n(-c5cccnc5)c4c2C(C)C3C)C1C. The molecule has 8 heterocycles. The molecular formula is C66H48N8. The van der Waals surface area contributed by atoms with E-state index in [0.29, 0.717) is 0 Å². The van der Waals surface area contributed by atoms with Gasteiger partial charge in [-0.05, 0) is 182 Å². The third-order valence-corrected chi connectivity index (χ3v) is 17.6. The van der Waals surface area contributed by atoms with E-state index < -0.39 is 0 Å². The lowest BCUT2D eigenvalue weighted by Crippen LogP contribution is -2.24. The van der Waals surface area contributed by atoms with Gasteiger partial charge in [-0.25, -0.2) is 0 Å². The van der Waals surface area contributed by atoms with Crippen molar-refractivity contribution in [3.05, 3.63) is 216 Å². The van der Waals surface area contributed by atoms with E-state index in [4.69, 9.17) is 29.9 Å². The van der Waals surface area contributed by atoms with E-state index in [1.807, 2.05) is 61.7 Å². The summed E-state index contributed by atoms with van der Waals surface area (Å²) in [7, 11) is 0. The Morgan fingerprint density at radius 3 is 1.70 bits per heavy atom. The van der Waals surface area contributed by atoms with E-state index in [-0.39, 0.29) is 29.6 Å². The Labute approximate surface area is 427 Å². The van der Waals surface area contributed by atoms with Gasteiger partial charge in [-0.1, -0.05) is 64.1 Å². The summed E-state index contributed by atoms with van der Waals surface area (Å²) in [6, 6.07) is 47.3. The van der Waals surface area contributed by atoms with Crippen LogP contribution in [0.2, 0.25) is 0 Å². The van der Waals surface area contributed by atoms with Crippen molar-refractivity contribution in [3.8, 4) is 45.0 Å². The topological polar surface area (TPSA) is 87.2 Å². The summed E-state index contributed by atoms with van der Waals surface area (Å²) in [6.45, 7) is 9.91. The Balaban J connectivity index is 0.985. The van der Waals surface area contributed by atoms with Crippen LogP contribution in [0.4, 0.5) is 0 Å². The van der Waals surface area contributed by atoms with Gasteiger partial charge in [0.15, 0.2) is 0 Å². The lowest BCUT2D eigenvalue weighted by Gasteiger charge is -2.42. The second-order valence-electron chi connectivity index (χ2n) is 21.2. The number of fused-ring (bicyclic) bond motifs is 14. The zero-order valence-corrected chi connectivity index (χ0v) is 41.4. The van der Waals surface area contributed by atoms with Crippen LogP contribution in [0.5, 0.6) is 0 Å². The molecule has 5 aromatic carbocycles. The van der Waals surface area contributed by atoms with Crippen LogP contribution in [-0.4, -0.2) is 39.0 Å². The van der Waals surface area contributed by atoms with E-state index >= 15 is 0 Å². The third-order valence-electron chi connectivity index (χ3n) is 17.6. The Kier molecular flexibility index (Phi) is 8.64. The first kappa shape index (κ1) is 41.7. The van der Waals surface area contributed by atoms with Crippen LogP contribution in [0, 0.1) is 0 Å². The molecule has 0 saturated heterocycles. The molecule has 8 heteroatoms. The average Bonchev–Trinajstić information content (AvgIpc) is 3.97. The van der Waals surface area contributed by atoms with Crippen LogP contribution < -0.4 is 0 Å². The molecule has 8 nitrogen and oxygen atoms in total. The minimum Gasteiger partial charge on any atom is -0.307 e. The zero-order chi connectivity index (χ0) is 49.1. The predicted octanol–water partition coefficient (Wildman–Crippen LogP) is 15.7. The van der Waals surface area contributed by atoms with Gasteiger partial charge in [-0.2, -0.15) is 0 Å². The minimum atomic E-state index is 0.145. The lowest BCUT2D eigenvalue weighted by atomic mass is 9.62. The second kappa shape index (κ2) is 15.3. The van der Waals surface area contributed by atoms with E-state index in [1.165, 1.54) is 93.7 Å². The van der Waals surface area contributed by atoms with Crippen LogP contribution in [0.15, 0.2) is 177 Å². The Morgan fingerprint density at radius 1 is 0.446 bits per heavy atom. The fourth-order valence-corrected chi connectivity index (χ4v) is 13.9. The molecule has 352 valence electrons. The smallest absolute Gasteiger partial charge is 0.0970 e. The van der Waals surface area contributed by atoms with E-state index in [9.17, 15) is 0 Å². The normalized spacial score (nSPS) is 18.6. The number of hydrogen-bond acceptors (Lipinski definition) is 6. The van der Waals surface area contributed by atoms with Gasteiger partial charge >= 0.3 is 0 Å². The third kappa shape index (κ3) is 5.57. The van der Waals surface area contributed by atoms with E-state index in [1.54, 1.807) is 0 Å². The molecule has 0 saturated carbocycles. The van der Waals surface area contributed by atoms with Gasteiger partial charge in [0.1, 0.15) is 0 Å². The first-order chi connectivity index (χ1) is 36.4. The molecule has 3 aliphatic carbocycles. The molecule has 0 spiro atoms.